The van der Waals surface area contributed by atoms with Crippen LogP contribution in [0.15, 0.2) is 18.3 Å². The van der Waals surface area contributed by atoms with E-state index >= 15 is 0 Å². The van der Waals surface area contributed by atoms with Crippen LogP contribution in [0.1, 0.15) is 56.3 Å². The third-order valence-corrected chi connectivity index (χ3v) is 4.53. The average molecular weight is 301 g/mol. The second-order valence-corrected chi connectivity index (χ2v) is 5.73. The lowest BCUT2D eigenvalue weighted by molar-refractivity contribution is -0.137. The van der Waals surface area contributed by atoms with E-state index in [9.17, 15) is 13.2 Å². The molecule has 0 aliphatic heterocycles. The molecule has 3 unspecified atom stereocenters. The molecule has 0 spiro atoms. The number of aromatic nitrogens is 1. The minimum absolute atomic E-state index is 0.183. The van der Waals surface area contributed by atoms with Crippen molar-refractivity contribution in [2.24, 2.45) is 17.7 Å². The molecule has 0 amide bonds. The van der Waals surface area contributed by atoms with Gasteiger partial charge in [0.1, 0.15) is 0 Å². The molecule has 3 nitrogen and oxygen atoms in total. The zero-order valence-corrected chi connectivity index (χ0v) is 12.2. The van der Waals surface area contributed by atoms with E-state index in [0.29, 0.717) is 17.5 Å². The normalized spacial score (nSPS) is 24.8. The smallest absolute Gasteiger partial charge is 0.271 e. The predicted molar refractivity (Wildman–Crippen MR) is 75.0 cm³/mol. The van der Waals surface area contributed by atoms with Gasteiger partial charge in [0.2, 0.25) is 0 Å². The van der Waals surface area contributed by atoms with Crippen LogP contribution >= 0.6 is 0 Å². The molecule has 3 N–H and O–H groups in total. The van der Waals surface area contributed by atoms with Gasteiger partial charge in [-0.25, -0.2) is 0 Å². The second-order valence-electron chi connectivity index (χ2n) is 5.73. The van der Waals surface area contributed by atoms with Crippen LogP contribution in [0.2, 0.25) is 0 Å². The summed E-state index contributed by atoms with van der Waals surface area (Å²) in [6.07, 6.45) is 2.14. The van der Waals surface area contributed by atoms with Crippen molar-refractivity contribution >= 4 is 0 Å². The van der Waals surface area contributed by atoms with Crippen LogP contribution < -0.4 is 11.3 Å². The predicted octanol–water partition coefficient (Wildman–Crippen LogP) is 3.82. The summed E-state index contributed by atoms with van der Waals surface area (Å²) in [5, 5.41) is 0. The third kappa shape index (κ3) is 3.74. The first-order valence-electron chi connectivity index (χ1n) is 7.46. The number of nitrogens with one attached hydrogen (secondary N) is 1. The molecule has 6 heteroatoms. The molecule has 21 heavy (non-hydrogen) atoms. The van der Waals surface area contributed by atoms with E-state index in [2.05, 4.69) is 17.3 Å². The van der Waals surface area contributed by atoms with Gasteiger partial charge >= 0.3 is 6.18 Å². The van der Waals surface area contributed by atoms with E-state index < -0.39 is 11.7 Å². The molecule has 2 rings (SSSR count). The highest BCUT2D eigenvalue weighted by molar-refractivity contribution is 5.19. The van der Waals surface area contributed by atoms with Crippen LogP contribution in [0.3, 0.4) is 0 Å². The highest BCUT2D eigenvalue weighted by Gasteiger charge is 2.34. The highest BCUT2D eigenvalue weighted by atomic mass is 19.4. The fraction of sp³-hybridized carbons (Fsp3) is 0.667. The second kappa shape index (κ2) is 6.75. The Balaban J connectivity index is 2.20. The van der Waals surface area contributed by atoms with Crippen molar-refractivity contribution in [3.8, 4) is 0 Å². The first-order chi connectivity index (χ1) is 9.97. The maximum absolute atomic E-state index is 12.6. The monoisotopic (exact) mass is 301 g/mol. The van der Waals surface area contributed by atoms with Crippen molar-refractivity contribution < 1.29 is 13.2 Å². The van der Waals surface area contributed by atoms with Gasteiger partial charge < -0.3 is 0 Å². The van der Waals surface area contributed by atoms with E-state index in [4.69, 9.17) is 5.84 Å². The van der Waals surface area contributed by atoms with E-state index in [0.717, 1.165) is 37.9 Å². The van der Waals surface area contributed by atoms with Crippen LogP contribution in [-0.4, -0.2) is 4.98 Å². The van der Waals surface area contributed by atoms with Crippen LogP contribution in [0, 0.1) is 11.8 Å². The molecule has 1 aliphatic rings. The minimum atomic E-state index is -4.35. The molecular formula is C15H22F3N3. The van der Waals surface area contributed by atoms with Crippen molar-refractivity contribution in [2.75, 3.05) is 0 Å². The summed E-state index contributed by atoms with van der Waals surface area (Å²) in [6, 6.07) is 2.34. The van der Waals surface area contributed by atoms with Gasteiger partial charge in [0.25, 0.3) is 0 Å². The Labute approximate surface area is 123 Å². The Kier molecular flexibility index (Phi) is 5.22. The summed E-state index contributed by atoms with van der Waals surface area (Å²) in [5.41, 5.74) is 2.64. The molecule has 0 aromatic carbocycles. The van der Waals surface area contributed by atoms with Crippen LogP contribution in [0.5, 0.6) is 0 Å². The molecule has 1 heterocycles. The van der Waals surface area contributed by atoms with E-state index in [-0.39, 0.29) is 6.04 Å². The van der Waals surface area contributed by atoms with Gasteiger partial charge in [0.15, 0.2) is 0 Å². The zero-order chi connectivity index (χ0) is 15.5. The van der Waals surface area contributed by atoms with Crippen molar-refractivity contribution in [1.82, 2.24) is 10.4 Å². The topological polar surface area (TPSA) is 50.9 Å². The number of nitrogens with two attached hydrogens (primary N) is 1. The fourth-order valence-electron chi connectivity index (χ4n) is 3.37. The van der Waals surface area contributed by atoms with Gasteiger partial charge in [-0.2, -0.15) is 13.2 Å². The number of halogens is 3. The molecule has 3 atom stereocenters. The van der Waals surface area contributed by atoms with Crippen molar-refractivity contribution in [3.05, 3.63) is 29.6 Å². The fourth-order valence-corrected chi connectivity index (χ4v) is 3.37. The molecule has 118 valence electrons. The molecular weight excluding hydrogens is 279 g/mol. The third-order valence-electron chi connectivity index (χ3n) is 4.53. The Hall–Kier alpha value is -1.14. The number of hydrogen-bond donors (Lipinski definition) is 2. The minimum Gasteiger partial charge on any atom is -0.271 e. The molecule has 1 fully saturated rings. The largest absolute Gasteiger partial charge is 0.417 e. The maximum atomic E-state index is 12.6. The molecule has 0 bridgehead atoms. The lowest BCUT2D eigenvalue weighted by atomic mass is 9.73. The Morgan fingerprint density at radius 1 is 1.33 bits per heavy atom. The number of nitrogens with zero attached hydrogens (tertiary/aromatic N) is 1. The molecule has 0 radical (unpaired) electrons. The lowest BCUT2D eigenvalue weighted by Crippen LogP contribution is -2.38. The molecule has 1 aliphatic carbocycles. The number of hydrazine groups is 1. The van der Waals surface area contributed by atoms with Crippen LogP contribution in [0.25, 0.3) is 0 Å². The van der Waals surface area contributed by atoms with E-state index in [1.807, 2.05) is 0 Å². The van der Waals surface area contributed by atoms with E-state index in [1.165, 1.54) is 12.5 Å². The van der Waals surface area contributed by atoms with Gasteiger partial charge in [-0.3, -0.25) is 16.3 Å². The van der Waals surface area contributed by atoms with Gasteiger partial charge in [0, 0.05) is 6.20 Å². The quantitative estimate of drug-likeness (QED) is 0.656. The summed E-state index contributed by atoms with van der Waals surface area (Å²) in [5.74, 6) is 6.54. The highest BCUT2D eigenvalue weighted by Crippen LogP contribution is 2.39. The van der Waals surface area contributed by atoms with Gasteiger partial charge in [-0.15, -0.1) is 0 Å². The summed E-state index contributed by atoms with van der Waals surface area (Å²) < 4.78 is 37.8. The van der Waals surface area contributed by atoms with E-state index in [1.54, 1.807) is 0 Å². The average Bonchev–Trinajstić information content (AvgIpc) is 2.48. The summed E-state index contributed by atoms with van der Waals surface area (Å²) in [6.45, 7) is 2.15. The first kappa shape index (κ1) is 16.2. The summed E-state index contributed by atoms with van der Waals surface area (Å²) >= 11 is 0. The lowest BCUT2D eigenvalue weighted by Gasteiger charge is -2.36. The Morgan fingerprint density at radius 3 is 2.57 bits per heavy atom. The van der Waals surface area contributed by atoms with Crippen molar-refractivity contribution in [3.63, 3.8) is 0 Å². The molecule has 0 saturated heterocycles. The number of rotatable bonds is 4. The van der Waals surface area contributed by atoms with Gasteiger partial charge in [-0.1, -0.05) is 32.6 Å². The van der Waals surface area contributed by atoms with Crippen LogP contribution in [-0.2, 0) is 6.18 Å². The summed E-state index contributed by atoms with van der Waals surface area (Å²) in [4.78, 5) is 4.00. The standard InChI is InChI=1S/C15H22F3N3/c1-2-10-5-3-4-6-12(10)14(21-19)13-8-7-11(9-20-13)15(16,17)18/h7-10,12,14,21H,2-6,19H2,1H3. The molecule has 1 saturated carbocycles. The number of pyridine rings is 1. The first-order valence-corrected chi connectivity index (χ1v) is 7.46. The Morgan fingerprint density at radius 2 is 2.05 bits per heavy atom. The zero-order valence-electron chi connectivity index (χ0n) is 12.2. The van der Waals surface area contributed by atoms with Crippen molar-refractivity contribution in [2.45, 2.75) is 51.2 Å². The Bertz CT molecular complexity index is 444. The maximum Gasteiger partial charge on any atom is 0.417 e. The molecule has 1 aromatic rings. The molecule has 1 aromatic heterocycles. The number of hydrogen-bond acceptors (Lipinski definition) is 3. The van der Waals surface area contributed by atoms with Crippen LogP contribution in [0.4, 0.5) is 13.2 Å². The number of alkyl halides is 3. The van der Waals surface area contributed by atoms with Gasteiger partial charge in [0.05, 0.1) is 17.3 Å². The van der Waals surface area contributed by atoms with Crippen molar-refractivity contribution in [1.29, 1.82) is 0 Å². The van der Waals surface area contributed by atoms with Gasteiger partial charge in [-0.05, 0) is 30.4 Å². The SMILES string of the molecule is CCC1CCCCC1C(NN)c1ccc(C(F)(F)F)cn1. The summed E-state index contributed by atoms with van der Waals surface area (Å²) in [7, 11) is 0.